The van der Waals surface area contributed by atoms with Crippen LogP contribution in [0.5, 0.6) is 0 Å². The number of halogens is 2. The molecule has 2 unspecified atom stereocenters. The highest BCUT2D eigenvalue weighted by Crippen LogP contribution is 2.21. The first-order valence-corrected chi connectivity index (χ1v) is 7.19. The average molecular weight is 382 g/mol. The molecule has 0 aliphatic carbocycles. The summed E-state index contributed by atoms with van der Waals surface area (Å²) < 4.78 is 1.08. The van der Waals surface area contributed by atoms with E-state index in [0.29, 0.717) is 17.8 Å². The smallest absolute Gasteiger partial charge is 0.270 e. The van der Waals surface area contributed by atoms with Crippen LogP contribution in [0.2, 0.25) is 0 Å². The molecule has 0 spiro atoms. The van der Waals surface area contributed by atoms with Gasteiger partial charge in [0.2, 0.25) is 0 Å². The van der Waals surface area contributed by atoms with Crippen molar-refractivity contribution in [1.29, 1.82) is 0 Å². The van der Waals surface area contributed by atoms with Crippen molar-refractivity contribution in [2.24, 2.45) is 0 Å². The minimum absolute atomic E-state index is 0. The lowest BCUT2D eigenvalue weighted by atomic mass is 10.1. The molecule has 3 rings (SSSR count). The van der Waals surface area contributed by atoms with E-state index < -0.39 is 0 Å². The maximum absolute atomic E-state index is 12.3. The Bertz CT molecular complexity index is 437. The number of carbonyl (C=O) groups is 1. The van der Waals surface area contributed by atoms with Gasteiger partial charge in [0.25, 0.3) is 5.91 Å². The predicted octanol–water partition coefficient (Wildman–Crippen LogP) is 2.01. The van der Waals surface area contributed by atoms with Gasteiger partial charge in [-0.2, -0.15) is 0 Å². The van der Waals surface area contributed by atoms with E-state index in [-0.39, 0.29) is 18.3 Å². The summed E-state index contributed by atoms with van der Waals surface area (Å²) >= 11 is 2.22. The number of nitrogens with one attached hydrogen (secondary N) is 2. The van der Waals surface area contributed by atoms with Crippen LogP contribution in [0.4, 0.5) is 0 Å². The van der Waals surface area contributed by atoms with Crippen molar-refractivity contribution < 1.29 is 4.79 Å². The maximum Gasteiger partial charge on any atom is 0.270 e. The summed E-state index contributed by atoms with van der Waals surface area (Å²) in [4.78, 5) is 17.3. The summed E-state index contributed by atoms with van der Waals surface area (Å²) in [6, 6.07) is 3.04. The summed E-state index contributed by atoms with van der Waals surface area (Å²) in [6.07, 6.45) is 5.43. The molecular formula is C12H17ClIN3O. The molecule has 0 radical (unpaired) electrons. The van der Waals surface area contributed by atoms with Crippen molar-refractivity contribution in [3.63, 3.8) is 0 Å². The van der Waals surface area contributed by atoms with Gasteiger partial charge in [0.1, 0.15) is 5.69 Å². The molecule has 0 aromatic carbocycles. The van der Waals surface area contributed by atoms with E-state index in [1.165, 1.54) is 12.8 Å². The first-order chi connectivity index (χ1) is 8.22. The fourth-order valence-electron chi connectivity index (χ4n) is 2.79. The van der Waals surface area contributed by atoms with Crippen molar-refractivity contribution in [2.45, 2.75) is 31.3 Å². The zero-order chi connectivity index (χ0) is 11.8. The molecule has 100 valence electrons. The third kappa shape index (κ3) is 2.83. The van der Waals surface area contributed by atoms with Gasteiger partial charge in [-0.05, 0) is 47.9 Å². The number of nitrogens with zero attached hydrogens (tertiary/aromatic N) is 1. The van der Waals surface area contributed by atoms with E-state index in [1.54, 1.807) is 0 Å². The minimum Gasteiger partial charge on any atom is -0.356 e. The molecule has 3 heterocycles. The van der Waals surface area contributed by atoms with E-state index in [0.717, 1.165) is 23.1 Å². The second kappa shape index (κ2) is 5.79. The molecule has 18 heavy (non-hydrogen) atoms. The highest BCUT2D eigenvalue weighted by Gasteiger charge is 2.31. The molecule has 2 saturated heterocycles. The highest BCUT2D eigenvalue weighted by atomic mass is 127. The molecule has 2 aliphatic heterocycles. The number of rotatable bonds is 1. The van der Waals surface area contributed by atoms with E-state index >= 15 is 0 Å². The second-order valence-corrected chi connectivity index (χ2v) is 6.15. The van der Waals surface area contributed by atoms with Crippen molar-refractivity contribution >= 4 is 40.9 Å². The van der Waals surface area contributed by atoms with Crippen LogP contribution in [0.1, 0.15) is 29.8 Å². The number of aromatic amines is 1. The molecule has 0 saturated carbocycles. The molecule has 2 N–H and O–H groups in total. The second-order valence-electron chi connectivity index (χ2n) is 4.91. The Morgan fingerprint density at radius 3 is 2.83 bits per heavy atom. The molecule has 4 nitrogen and oxygen atoms in total. The number of hydrogen-bond donors (Lipinski definition) is 2. The van der Waals surface area contributed by atoms with Crippen LogP contribution in [0.15, 0.2) is 12.3 Å². The van der Waals surface area contributed by atoms with Gasteiger partial charge in [-0.15, -0.1) is 12.4 Å². The Morgan fingerprint density at radius 1 is 1.33 bits per heavy atom. The fraction of sp³-hybridized carbons (Fsp3) is 0.583. The first-order valence-electron chi connectivity index (χ1n) is 6.11. The highest BCUT2D eigenvalue weighted by molar-refractivity contribution is 14.1. The van der Waals surface area contributed by atoms with Crippen LogP contribution in [0.3, 0.4) is 0 Å². The Hall–Kier alpha value is -0.270. The number of hydrogen-bond acceptors (Lipinski definition) is 2. The zero-order valence-electron chi connectivity index (χ0n) is 9.99. The lowest BCUT2D eigenvalue weighted by Crippen LogP contribution is -2.39. The van der Waals surface area contributed by atoms with Crippen LogP contribution >= 0.6 is 35.0 Å². The van der Waals surface area contributed by atoms with Gasteiger partial charge >= 0.3 is 0 Å². The minimum atomic E-state index is 0. The van der Waals surface area contributed by atoms with Gasteiger partial charge in [0, 0.05) is 34.9 Å². The first kappa shape index (κ1) is 14.1. The van der Waals surface area contributed by atoms with Gasteiger partial charge in [0.05, 0.1) is 0 Å². The van der Waals surface area contributed by atoms with E-state index in [4.69, 9.17) is 0 Å². The number of carbonyl (C=O) groups excluding carboxylic acids is 1. The van der Waals surface area contributed by atoms with Crippen molar-refractivity contribution in [3.8, 4) is 0 Å². The normalized spacial score (nSPS) is 26.6. The number of H-pyrrole nitrogens is 1. The third-order valence-corrected chi connectivity index (χ3v) is 4.31. The molecule has 2 aliphatic rings. The van der Waals surface area contributed by atoms with Crippen LogP contribution in [-0.4, -0.2) is 41.0 Å². The molecule has 2 atom stereocenters. The summed E-state index contributed by atoms with van der Waals surface area (Å²) in [5.74, 6) is 0.141. The Balaban J connectivity index is 0.00000120. The van der Waals surface area contributed by atoms with Crippen LogP contribution in [0, 0.1) is 3.57 Å². The number of likely N-dealkylation sites (tertiary alicyclic amines) is 1. The average Bonchev–Trinajstić information content (AvgIpc) is 2.84. The molecule has 1 aromatic heterocycles. The predicted molar refractivity (Wildman–Crippen MR) is 81.2 cm³/mol. The van der Waals surface area contributed by atoms with Crippen LogP contribution in [0.25, 0.3) is 0 Å². The SMILES string of the molecule is Cl.O=C(c1cc(I)c[nH]1)N1CCC2CCC(C1)N2. The molecule has 2 fully saturated rings. The number of amides is 1. The summed E-state index contributed by atoms with van der Waals surface area (Å²) in [5.41, 5.74) is 0.715. The number of fused-ring (bicyclic) bond motifs is 2. The van der Waals surface area contributed by atoms with E-state index in [2.05, 4.69) is 32.9 Å². The quantitative estimate of drug-likeness (QED) is 0.731. The van der Waals surface area contributed by atoms with Crippen LogP contribution < -0.4 is 5.32 Å². The third-order valence-electron chi connectivity index (χ3n) is 3.69. The molecular weight excluding hydrogens is 365 g/mol. The lowest BCUT2D eigenvalue weighted by molar-refractivity contribution is 0.0743. The Kier molecular flexibility index (Phi) is 4.55. The summed E-state index contributed by atoms with van der Waals surface area (Å²) in [5, 5.41) is 3.59. The van der Waals surface area contributed by atoms with Gasteiger partial charge < -0.3 is 15.2 Å². The standard InChI is InChI=1S/C12H16IN3O.ClH/c13-8-5-11(14-6-8)12(17)16-4-3-9-1-2-10(7-16)15-9;/h5-6,9-10,14-15H,1-4,7H2;1H. The molecule has 2 bridgehead atoms. The summed E-state index contributed by atoms with van der Waals surface area (Å²) in [7, 11) is 0. The van der Waals surface area contributed by atoms with Crippen molar-refractivity contribution in [2.75, 3.05) is 13.1 Å². The van der Waals surface area contributed by atoms with Crippen LogP contribution in [-0.2, 0) is 0 Å². The Labute approximate surface area is 126 Å². The molecule has 1 amide bonds. The number of aromatic nitrogens is 1. The topological polar surface area (TPSA) is 48.1 Å². The van der Waals surface area contributed by atoms with Gasteiger partial charge in [-0.3, -0.25) is 4.79 Å². The largest absolute Gasteiger partial charge is 0.356 e. The van der Waals surface area contributed by atoms with Crippen molar-refractivity contribution in [3.05, 3.63) is 21.5 Å². The Morgan fingerprint density at radius 2 is 2.11 bits per heavy atom. The zero-order valence-corrected chi connectivity index (χ0v) is 13.0. The molecule has 6 heteroatoms. The van der Waals surface area contributed by atoms with E-state index in [9.17, 15) is 4.79 Å². The van der Waals surface area contributed by atoms with Gasteiger partial charge in [0.15, 0.2) is 0 Å². The van der Waals surface area contributed by atoms with Gasteiger partial charge in [-0.1, -0.05) is 0 Å². The van der Waals surface area contributed by atoms with Gasteiger partial charge in [-0.25, -0.2) is 0 Å². The lowest BCUT2D eigenvalue weighted by Gasteiger charge is -2.23. The molecule has 1 aromatic rings. The maximum atomic E-state index is 12.3. The monoisotopic (exact) mass is 381 g/mol. The summed E-state index contributed by atoms with van der Waals surface area (Å²) in [6.45, 7) is 1.73. The fourth-order valence-corrected chi connectivity index (χ4v) is 3.26. The van der Waals surface area contributed by atoms with Crippen molar-refractivity contribution in [1.82, 2.24) is 15.2 Å². The van der Waals surface area contributed by atoms with E-state index in [1.807, 2.05) is 17.2 Å².